The maximum absolute atomic E-state index is 14.5. The molecule has 2 N–H and O–H groups in total. The van der Waals surface area contributed by atoms with E-state index in [9.17, 15) is 31.4 Å². The highest BCUT2D eigenvalue weighted by atomic mass is 19.2. The van der Waals surface area contributed by atoms with Gasteiger partial charge in [-0.05, 0) is 26.3 Å². The van der Waals surface area contributed by atoms with E-state index in [0.29, 0.717) is 6.42 Å². The van der Waals surface area contributed by atoms with Crippen LogP contribution in [0.2, 0.25) is 0 Å². The molecule has 2 nitrogen and oxygen atoms in total. The first kappa shape index (κ1) is 15.1. The number of hydrogen-bond acceptors (Lipinski definition) is 2. The predicted octanol–water partition coefficient (Wildman–Crippen LogP) is 2.64. The maximum atomic E-state index is 14.5. The quantitative estimate of drug-likeness (QED) is 0.500. The summed E-state index contributed by atoms with van der Waals surface area (Å²) in [4.78, 5) is 0. The van der Waals surface area contributed by atoms with Gasteiger partial charge in [0.25, 0.3) is 5.85 Å². The lowest BCUT2D eigenvalue weighted by Gasteiger charge is -2.36. The Morgan fingerprint density at radius 2 is 1.45 bits per heavy atom. The second-order valence-electron chi connectivity index (χ2n) is 4.93. The van der Waals surface area contributed by atoms with Gasteiger partial charge < -0.3 is 10.4 Å². The Morgan fingerprint density at radius 3 is 1.85 bits per heavy atom. The smallest absolute Gasteiger partial charge is 0.257 e. The summed E-state index contributed by atoms with van der Waals surface area (Å²) in [6.45, 7) is 1.36. The summed E-state index contributed by atoms with van der Waals surface area (Å²) >= 11 is 0. The van der Waals surface area contributed by atoms with Crippen molar-refractivity contribution in [1.29, 1.82) is 0 Å². The number of alkyl halides is 1. The largest absolute Gasteiger partial charge is 0.357 e. The minimum Gasteiger partial charge on any atom is -0.357 e. The van der Waals surface area contributed by atoms with E-state index in [1.807, 2.05) is 0 Å². The summed E-state index contributed by atoms with van der Waals surface area (Å²) in [5.41, 5.74) is -3.71. The Morgan fingerprint density at radius 1 is 1.00 bits per heavy atom. The van der Waals surface area contributed by atoms with Crippen LogP contribution < -0.4 is 5.32 Å². The Labute approximate surface area is 110 Å². The normalized spacial score (nSPS) is 25.8. The summed E-state index contributed by atoms with van der Waals surface area (Å²) in [5, 5.41) is 12.3. The van der Waals surface area contributed by atoms with Gasteiger partial charge >= 0.3 is 0 Å². The first-order chi connectivity index (χ1) is 9.13. The highest BCUT2D eigenvalue weighted by Crippen LogP contribution is 2.43. The van der Waals surface area contributed by atoms with Crippen LogP contribution in [-0.4, -0.2) is 17.2 Å². The van der Waals surface area contributed by atoms with Gasteiger partial charge in [0.05, 0.1) is 11.1 Å². The molecule has 0 aliphatic carbocycles. The molecule has 1 saturated heterocycles. The van der Waals surface area contributed by atoms with E-state index in [2.05, 4.69) is 5.32 Å². The van der Waals surface area contributed by atoms with E-state index in [1.54, 1.807) is 0 Å². The Kier molecular flexibility index (Phi) is 3.50. The number of halogens is 6. The van der Waals surface area contributed by atoms with Crippen molar-refractivity contribution in [3.05, 3.63) is 34.6 Å². The standard InChI is InChI=1S/C12H11F6NO/c1-11(3-2-4-19-11)12(18,20)5-6(13)8(15)10(17)9(16)7(5)14/h19-20H,2-4H2,1H3/t11-,12?/m1/s1. The fourth-order valence-electron chi connectivity index (χ4n) is 2.35. The van der Waals surface area contributed by atoms with Crippen LogP contribution in [0, 0.1) is 29.1 Å². The zero-order valence-electron chi connectivity index (χ0n) is 10.3. The molecule has 0 bridgehead atoms. The van der Waals surface area contributed by atoms with Crippen LogP contribution in [-0.2, 0) is 5.85 Å². The fraction of sp³-hybridized carbons (Fsp3) is 0.500. The third-order valence-corrected chi connectivity index (χ3v) is 3.64. The van der Waals surface area contributed by atoms with Crippen LogP contribution in [0.25, 0.3) is 0 Å². The molecule has 1 aromatic carbocycles. The molecule has 0 amide bonds. The van der Waals surface area contributed by atoms with E-state index in [0.717, 1.165) is 6.92 Å². The monoisotopic (exact) mass is 299 g/mol. The summed E-state index contributed by atoms with van der Waals surface area (Å²) in [7, 11) is 0. The SMILES string of the molecule is C[C@]1(C(O)(F)c2c(F)c(F)c(F)c(F)c2F)CCCN1. The lowest BCUT2D eigenvalue weighted by Crippen LogP contribution is -2.54. The van der Waals surface area contributed by atoms with Crippen LogP contribution in [0.15, 0.2) is 0 Å². The van der Waals surface area contributed by atoms with Gasteiger partial charge in [-0.1, -0.05) is 0 Å². The number of aliphatic hydroxyl groups is 1. The van der Waals surface area contributed by atoms with E-state index < -0.39 is 46.0 Å². The summed E-state index contributed by atoms with van der Waals surface area (Å²) < 4.78 is 80.7. The zero-order chi connectivity index (χ0) is 15.3. The van der Waals surface area contributed by atoms with Gasteiger partial charge in [-0.15, -0.1) is 0 Å². The molecule has 20 heavy (non-hydrogen) atoms. The minimum absolute atomic E-state index is 0.0283. The van der Waals surface area contributed by atoms with Crippen LogP contribution >= 0.6 is 0 Å². The second kappa shape index (κ2) is 4.63. The van der Waals surface area contributed by atoms with Crippen LogP contribution in [0.1, 0.15) is 25.3 Å². The molecule has 1 fully saturated rings. The van der Waals surface area contributed by atoms with E-state index in [4.69, 9.17) is 0 Å². The van der Waals surface area contributed by atoms with Gasteiger partial charge in [-0.3, -0.25) is 0 Å². The Balaban J connectivity index is 2.69. The van der Waals surface area contributed by atoms with Crippen molar-refractivity contribution in [3.8, 4) is 0 Å². The van der Waals surface area contributed by atoms with Gasteiger partial charge in [0.15, 0.2) is 23.3 Å². The van der Waals surface area contributed by atoms with E-state index in [-0.39, 0.29) is 13.0 Å². The van der Waals surface area contributed by atoms with Crippen molar-refractivity contribution >= 4 is 0 Å². The molecule has 0 spiro atoms. The molecule has 0 radical (unpaired) electrons. The van der Waals surface area contributed by atoms with Crippen molar-refractivity contribution in [2.75, 3.05) is 6.54 Å². The number of nitrogens with one attached hydrogen (secondary N) is 1. The van der Waals surface area contributed by atoms with Crippen molar-refractivity contribution in [2.45, 2.75) is 31.2 Å². The number of rotatable bonds is 2. The first-order valence-corrected chi connectivity index (χ1v) is 5.81. The average Bonchev–Trinajstić information content (AvgIpc) is 2.83. The summed E-state index contributed by atoms with van der Waals surface area (Å²) in [5.74, 6) is -15.5. The maximum Gasteiger partial charge on any atom is 0.257 e. The third kappa shape index (κ3) is 1.89. The molecular formula is C12H11F6NO. The molecule has 8 heteroatoms. The van der Waals surface area contributed by atoms with Crippen LogP contribution in [0.5, 0.6) is 0 Å². The summed E-state index contributed by atoms with van der Waals surface area (Å²) in [6, 6.07) is 0. The second-order valence-corrected chi connectivity index (χ2v) is 4.93. The van der Waals surface area contributed by atoms with Gasteiger partial charge in [-0.25, -0.2) is 26.3 Å². The molecule has 112 valence electrons. The Bertz CT molecular complexity index is 524. The summed E-state index contributed by atoms with van der Waals surface area (Å²) in [6.07, 6.45) is 0.359. The van der Waals surface area contributed by atoms with Gasteiger partial charge in [0, 0.05) is 0 Å². The lowest BCUT2D eigenvalue weighted by atomic mass is 9.85. The first-order valence-electron chi connectivity index (χ1n) is 5.81. The molecule has 2 rings (SSSR count). The molecule has 1 aliphatic rings. The number of hydrogen-bond donors (Lipinski definition) is 2. The third-order valence-electron chi connectivity index (χ3n) is 3.64. The van der Waals surface area contributed by atoms with Crippen molar-refractivity contribution in [1.82, 2.24) is 5.32 Å². The molecule has 1 heterocycles. The molecule has 1 unspecified atom stereocenters. The molecule has 0 aromatic heterocycles. The van der Waals surface area contributed by atoms with Crippen molar-refractivity contribution in [3.63, 3.8) is 0 Å². The van der Waals surface area contributed by atoms with Crippen LogP contribution in [0.3, 0.4) is 0 Å². The van der Waals surface area contributed by atoms with Crippen molar-refractivity contribution < 1.29 is 31.4 Å². The molecular weight excluding hydrogens is 288 g/mol. The molecule has 1 aliphatic heterocycles. The highest BCUT2D eigenvalue weighted by molar-refractivity contribution is 5.31. The lowest BCUT2D eigenvalue weighted by molar-refractivity contribution is -0.162. The Hall–Kier alpha value is -1.28. The highest BCUT2D eigenvalue weighted by Gasteiger charge is 2.54. The van der Waals surface area contributed by atoms with Gasteiger partial charge in [0.1, 0.15) is 0 Å². The predicted molar refractivity (Wildman–Crippen MR) is 56.9 cm³/mol. The van der Waals surface area contributed by atoms with E-state index in [1.165, 1.54) is 0 Å². The van der Waals surface area contributed by atoms with Gasteiger partial charge in [-0.2, -0.15) is 0 Å². The molecule has 2 atom stereocenters. The topological polar surface area (TPSA) is 32.3 Å². The molecule has 1 aromatic rings. The zero-order valence-corrected chi connectivity index (χ0v) is 10.3. The minimum atomic E-state index is -3.74. The van der Waals surface area contributed by atoms with E-state index >= 15 is 0 Å². The number of benzene rings is 1. The van der Waals surface area contributed by atoms with Crippen molar-refractivity contribution in [2.24, 2.45) is 0 Å². The average molecular weight is 299 g/mol. The molecule has 0 saturated carbocycles. The van der Waals surface area contributed by atoms with Gasteiger partial charge in [0.2, 0.25) is 5.82 Å². The van der Waals surface area contributed by atoms with Crippen LogP contribution in [0.4, 0.5) is 26.3 Å². The fourth-order valence-corrected chi connectivity index (χ4v) is 2.35.